The summed E-state index contributed by atoms with van der Waals surface area (Å²) in [5.74, 6) is -0.0316. The highest BCUT2D eigenvalue weighted by Gasteiger charge is 2.29. The Labute approximate surface area is 126 Å². The normalized spacial score (nSPS) is 17.4. The first-order chi connectivity index (χ1) is 9.44. The Morgan fingerprint density at radius 2 is 2.05 bits per heavy atom. The van der Waals surface area contributed by atoms with Gasteiger partial charge in [-0.25, -0.2) is 8.42 Å². The van der Waals surface area contributed by atoms with Crippen LogP contribution in [0.2, 0.25) is 0 Å². The van der Waals surface area contributed by atoms with Crippen molar-refractivity contribution in [1.29, 1.82) is 0 Å². The van der Waals surface area contributed by atoms with Gasteiger partial charge in [-0.3, -0.25) is 4.72 Å². The summed E-state index contributed by atoms with van der Waals surface area (Å²) in [7, 11) is -3.37. The number of nitrogens with zero attached hydrogens (tertiary/aromatic N) is 1. The van der Waals surface area contributed by atoms with Gasteiger partial charge in [-0.05, 0) is 47.0 Å². The van der Waals surface area contributed by atoms with Crippen LogP contribution in [0.4, 0.5) is 5.69 Å². The fourth-order valence-corrected chi connectivity index (χ4v) is 4.46. The van der Waals surface area contributed by atoms with Crippen LogP contribution in [0.25, 0.3) is 0 Å². The quantitative estimate of drug-likeness (QED) is 0.331. The molecule has 1 aliphatic carbocycles. The molecular formula is C12H16BrN3O3S. The molecule has 6 nitrogen and oxygen atoms in total. The first-order valence-electron chi connectivity index (χ1n) is 6.23. The smallest absolute Gasteiger partial charge is 0.235 e. The largest absolute Gasteiger partial charge is 0.409 e. The third-order valence-corrected chi connectivity index (χ3v) is 5.88. The van der Waals surface area contributed by atoms with E-state index >= 15 is 0 Å². The van der Waals surface area contributed by atoms with E-state index in [1.807, 2.05) is 0 Å². The van der Waals surface area contributed by atoms with E-state index in [-0.39, 0.29) is 11.1 Å². The Hall–Kier alpha value is -1.28. The number of benzene rings is 1. The van der Waals surface area contributed by atoms with Crippen LogP contribution in [-0.4, -0.2) is 24.7 Å². The summed E-state index contributed by atoms with van der Waals surface area (Å²) in [6.45, 7) is 0. The number of nitrogens with one attached hydrogen (secondary N) is 1. The van der Waals surface area contributed by atoms with E-state index in [0.717, 1.165) is 12.8 Å². The number of amidine groups is 1. The summed E-state index contributed by atoms with van der Waals surface area (Å²) in [5.41, 5.74) is 6.43. The van der Waals surface area contributed by atoms with E-state index in [0.29, 0.717) is 28.6 Å². The molecule has 0 atom stereocenters. The van der Waals surface area contributed by atoms with Gasteiger partial charge in [0, 0.05) is 10.0 Å². The molecule has 1 saturated carbocycles. The molecule has 0 aromatic heterocycles. The third-order valence-electron chi connectivity index (χ3n) is 3.37. The molecule has 0 aliphatic heterocycles. The summed E-state index contributed by atoms with van der Waals surface area (Å²) in [6, 6.07) is 4.78. The van der Waals surface area contributed by atoms with Crippen LogP contribution in [-0.2, 0) is 10.0 Å². The van der Waals surface area contributed by atoms with Crippen molar-refractivity contribution in [3.05, 3.63) is 28.2 Å². The van der Waals surface area contributed by atoms with Crippen LogP contribution < -0.4 is 10.5 Å². The molecule has 2 rings (SSSR count). The first-order valence-corrected chi connectivity index (χ1v) is 8.57. The molecule has 0 radical (unpaired) electrons. The highest BCUT2D eigenvalue weighted by atomic mass is 79.9. The molecule has 4 N–H and O–H groups in total. The van der Waals surface area contributed by atoms with Crippen LogP contribution in [0.15, 0.2) is 27.8 Å². The van der Waals surface area contributed by atoms with Gasteiger partial charge in [-0.15, -0.1) is 0 Å². The summed E-state index contributed by atoms with van der Waals surface area (Å²) < 4.78 is 27.6. The zero-order valence-corrected chi connectivity index (χ0v) is 13.1. The maximum atomic E-state index is 12.2. The topological polar surface area (TPSA) is 105 Å². The molecule has 0 unspecified atom stereocenters. The lowest BCUT2D eigenvalue weighted by Gasteiger charge is -2.15. The number of nitrogens with two attached hydrogens (primary N) is 1. The van der Waals surface area contributed by atoms with Gasteiger partial charge in [0.2, 0.25) is 10.0 Å². The summed E-state index contributed by atoms with van der Waals surface area (Å²) in [4.78, 5) is 0. The van der Waals surface area contributed by atoms with Gasteiger partial charge in [-0.2, -0.15) is 0 Å². The Balaban J connectivity index is 2.22. The van der Waals surface area contributed by atoms with Gasteiger partial charge in [0.15, 0.2) is 5.84 Å². The van der Waals surface area contributed by atoms with Crippen molar-refractivity contribution >= 4 is 37.5 Å². The molecule has 0 spiro atoms. The van der Waals surface area contributed by atoms with Gasteiger partial charge in [0.05, 0.1) is 10.9 Å². The number of sulfonamides is 1. The third kappa shape index (κ3) is 3.24. The molecule has 8 heteroatoms. The second kappa shape index (κ2) is 6.01. The Bertz CT molecular complexity index is 625. The number of hydrogen-bond acceptors (Lipinski definition) is 4. The fourth-order valence-electron chi connectivity index (χ4n) is 2.25. The predicted octanol–water partition coefficient (Wildman–Crippen LogP) is 2.23. The van der Waals surface area contributed by atoms with Crippen LogP contribution in [0, 0.1) is 0 Å². The molecule has 20 heavy (non-hydrogen) atoms. The van der Waals surface area contributed by atoms with Crippen molar-refractivity contribution in [3.8, 4) is 0 Å². The standard InChI is InChI=1S/C12H16BrN3O3S/c13-10-7-8(12(14)15-17)5-6-11(10)16-20(18,19)9-3-1-2-4-9/h5-7,9,16-17H,1-4H2,(H2,14,15). The van der Waals surface area contributed by atoms with Gasteiger partial charge in [-0.1, -0.05) is 18.0 Å². The highest BCUT2D eigenvalue weighted by molar-refractivity contribution is 9.10. The molecule has 110 valence electrons. The van der Waals surface area contributed by atoms with E-state index in [9.17, 15) is 8.42 Å². The van der Waals surface area contributed by atoms with Crippen molar-refractivity contribution < 1.29 is 13.6 Å². The second-order valence-corrected chi connectivity index (χ2v) is 7.55. The predicted molar refractivity (Wildman–Crippen MR) is 81.5 cm³/mol. The second-order valence-electron chi connectivity index (χ2n) is 4.73. The minimum atomic E-state index is -3.37. The molecular weight excluding hydrogens is 346 g/mol. The first kappa shape index (κ1) is 15.1. The molecule has 0 saturated heterocycles. The Morgan fingerprint density at radius 1 is 1.40 bits per heavy atom. The average molecular weight is 362 g/mol. The summed E-state index contributed by atoms with van der Waals surface area (Å²) >= 11 is 3.29. The van der Waals surface area contributed by atoms with E-state index in [1.54, 1.807) is 18.2 Å². The zero-order valence-electron chi connectivity index (χ0n) is 10.7. The van der Waals surface area contributed by atoms with Gasteiger partial charge < -0.3 is 10.9 Å². The summed E-state index contributed by atoms with van der Waals surface area (Å²) in [6.07, 6.45) is 3.31. The minimum absolute atomic E-state index is 0.0316. The lowest BCUT2D eigenvalue weighted by atomic mass is 10.2. The van der Waals surface area contributed by atoms with Crippen LogP contribution in [0.1, 0.15) is 31.2 Å². The van der Waals surface area contributed by atoms with Crippen molar-refractivity contribution in [2.75, 3.05) is 4.72 Å². The van der Waals surface area contributed by atoms with Crippen molar-refractivity contribution in [1.82, 2.24) is 0 Å². The highest BCUT2D eigenvalue weighted by Crippen LogP contribution is 2.29. The van der Waals surface area contributed by atoms with Gasteiger partial charge in [0.25, 0.3) is 0 Å². The lowest BCUT2D eigenvalue weighted by molar-refractivity contribution is 0.318. The Morgan fingerprint density at radius 3 is 2.60 bits per heavy atom. The average Bonchev–Trinajstić information content (AvgIpc) is 2.95. The molecule has 1 aliphatic rings. The molecule has 1 fully saturated rings. The van der Waals surface area contributed by atoms with Gasteiger partial charge in [0.1, 0.15) is 0 Å². The molecule has 0 heterocycles. The van der Waals surface area contributed by atoms with E-state index in [1.165, 1.54) is 0 Å². The molecule has 1 aromatic carbocycles. The van der Waals surface area contributed by atoms with Crippen LogP contribution >= 0.6 is 15.9 Å². The lowest BCUT2D eigenvalue weighted by Crippen LogP contribution is -2.25. The van der Waals surface area contributed by atoms with E-state index < -0.39 is 10.0 Å². The molecule has 0 amide bonds. The van der Waals surface area contributed by atoms with E-state index in [2.05, 4.69) is 25.8 Å². The van der Waals surface area contributed by atoms with Crippen molar-refractivity contribution in [2.45, 2.75) is 30.9 Å². The van der Waals surface area contributed by atoms with Crippen LogP contribution in [0.5, 0.6) is 0 Å². The zero-order chi connectivity index (χ0) is 14.8. The maximum absolute atomic E-state index is 12.2. The van der Waals surface area contributed by atoms with Gasteiger partial charge >= 0.3 is 0 Å². The molecule has 1 aromatic rings. The van der Waals surface area contributed by atoms with Crippen LogP contribution in [0.3, 0.4) is 0 Å². The van der Waals surface area contributed by atoms with E-state index in [4.69, 9.17) is 10.9 Å². The Kier molecular flexibility index (Phi) is 4.54. The minimum Gasteiger partial charge on any atom is -0.409 e. The number of halogens is 1. The van der Waals surface area contributed by atoms with Crippen molar-refractivity contribution in [2.24, 2.45) is 10.9 Å². The summed E-state index contributed by atoms with van der Waals surface area (Å²) in [5, 5.41) is 11.2. The van der Waals surface area contributed by atoms with Crippen molar-refractivity contribution in [3.63, 3.8) is 0 Å². The molecule has 0 bridgehead atoms. The fraction of sp³-hybridized carbons (Fsp3) is 0.417. The number of oxime groups is 1. The maximum Gasteiger partial charge on any atom is 0.235 e. The monoisotopic (exact) mass is 361 g/mol. The number of rotatable bonds is 4. The number of hydrogen-bond donors (Lipinski definition) is 3. The number of anilines is 1. The SMILES string of the molecule is N/C(=N/O)c1ccc(NS(=O)(=O)C2CCCC2)c(Br)c1.